The first-order chi connectivity index (χ1) is 8.35. The summed E-state index contributed by atoms with van der Waals surface area (Å²) in [6.07, 6.45) is 3.77. The van der Waals surface area contributed by atoms with E-state index in [1.807, 2.05) is 42.7 Å². The Morgan fingerprint density at radius 1 is 1.24 bits per heavy atom. The number of ether oxygens (including phenoxy) is 1. The van der Waals surface area contributed by atoms with Gasteiger partial charge in [-0.25, -0.2) is 4.98 Å². The van der Waals surface area contributed by atoms with Crippen LogP contribution in [0.4, 0.5) is 0 Å². The summed E-state index contributed by atoms with van der Waals surface area (Å²) in [5, 5.41) is 0.734. The zero-order valence-electron chi connectivity index (χ0n) is 9.39. The van der Waals surface area contributed by atoms with Gasteiger partial charge >= 0.3 is 0 Å². The van der Waals surface area contributed by atoms with Gasteiger partial charge in [-0.2, -0.15) is 0 Å². The van der Waals surface area contributed by atoms with Gasteiger partial charge in [-0.15, -0.1) is 11.8 Å². The standard InChI is InChI=1S/C13H12BrNOS/c1-17-12-7-3-2-6-11(12)16-13-10(9-14)5-4-8-15-13/h2-8H,9H2,1H3. The van der Waals surface area contributed by atoms with Crippen LogP contribution in [-0.4, -0.2) is 11.2 Å². The molecule has 0 spiro atoms. The number of hydrogen-bond donors (Lipinski definition) is 0. The highest BCUT2D eigenvalue weighted by atomic mass is 79.9. The fraction of sp³-hybridized carbons (Fsp3) is 0.154. The molecule has 0 N–H and O–H groups in total. The molecule has 1 aromatic carbocycles. The minimum Gasteiger partial charge on any atom is -0.438 e. The molecular weight excluding hydrogens is 298 g/mol. The van der Waals surface area contributed by atoms with Crippen molar-refractivity contribution in [3.63, 3.8) is 0 Å². The van der Waals surface area contributed by atoms with E-state index in [-0.39, 0.29) is 0 Å². The normalized spacial score (nSPS) is 10.2. The monoisotopic (exact) mass is 309 g/mol. The van der Waals surface area contributed by atoms with Gasteiger partial charge < -0.3 is 4.74 Å². The third kappa shape index (κ3) is 3.01. The van der Waals surface area contributed by atoms with Crippen LogP contribution in [0, 0.1) is 0 Å². The highest BCUT2D eigenvalue weighted by Gasteiger charge is 2.07. The van der Waals surface area contributed by atoms with Crippen LogP contribution in [0.15, 0.2) is 47.5 Å². The van der Waals surface area contributed by atoms with Crippen molar-refractivity contribution in [1.82, 2.24) is 4.98 Å². The Morgan fingerprint density at radius 3 is 2.82 bits per heavy atom. The van der Waals surface area contributed by atoms with Crippen LogP contribution >= 0.6 is 27.7 Å². The Morgan fingerprint density at radius 2 is 2.06 bits per heavy atom. The van der Waals surface area contributed by atoms with Crippen molar-refractivity contribution in [2.24, 2.45) is 0 Å². The van der Waals surface area contributed by atoms with E-state index in [0.717, 1.165) is 21.5 Å². The average molecular weight is 310 g/mol. The fourth-order valence-electron chi connectivity index (χ4n) is 1.42. The van der Waals surface area contributed by atoms with Crippen molar-refractivity contribution in [1.29, 1.82) is 0 Å². The van der Waals surface area contributed by atoms with Crippen LogP contribution in [0.1, 0.15) is 5.56 Å². The maximum absolute atomic E-state index is 5.86. The number of para-hydroxylation sites is 1. The summed E-state index contributed by atoms with van der Waals surface area (Å²) >= 11 is 5.10. The molecule has 0 bridgehead atoms. The molecule has 4 heteroatoms. The van der Waals surface area contributed by atoms with Crippen LogP contribution < -0.4 is 4.74 Å². The van der Waals surface area contributed by atoms with Gasteiger partial charge in [0.1, 0.15) is 5.75 Å². The summed E-state index contributed by atoms with van der Waals surface area (Å²) in [5.74, 6) is 1.51. The van der Waals surface area contributed by atoms with Crippen LogP contribution in [0.25, 0.3) is 0 Å². The lowest BCUT2D eigenvalue weighted by atomic mass is 10.3. The number of nitrogens with zero attached hydrogens (tertiary/aromatic N) is 1. The number of hydrogen-bond acceptors (Lipinski definition) is 3. The zero-order chi connectivity index (χ0) is 12.1. The smallest absolute Gasteiger partial charge is 0.223 e. The van der Waals surface area contributed by atoms with E-state index in [1.165, 1.54) is 0 Å². The molecule has 0 amide bonds. The van der Waals surface area contributed by atoms with E-state index >= 15 is 0 Å². The first-order valence-corrected chi connectivity index (χ1v) is 7.50. The second kappa shape index (κ2) is 6.07. The third-order valence-electron chi connectivity index (χ3n) is 2.27. The maximum atomic E-state index is 5.86. The van der Waals surface area contributed by atoms with Gasteiger partial charge in [0.05, 0.1) is 0 Å². The largest absolute Gasteiger partial charge is 0.438 e. The minimum atomic E-state index is 0.658. The predicted molar refractivity (Wildman–Crippen MR) is 75.2 cm³/mol. The Labute approximate surface area is 114 Å². The lowest BCUT2D eigenvalue weighted by Gasteiger charge is -2.10. The molecule has 1 aromatic heterocycles. The van der Waals surface area contributed by atoms with E-state index in [1.54, 1.807) is 18.0 Å². The molecule has 1 heterocycles. The molecule has 2 nitrogen and oxygen atoms in total. The van der Waals surface area contributed by atoms with Gasteiger partial charge in [0.15, 0.2) is 0 Å². The number of pyridine rings is 1. The van der Waals surface area contributed by atoms with Crippen molar-refractivity contribution >= 4 is 27.7 Å². The van der Waals surface area contributed by atoms with E-state index in [2.05, 4.69) is 20.9 Å². The summed E-state index contributed by atoms with van der Waals surface area (Å²) in [5.41, 5.74) is 1.04. The van der Waals surface area contributed by atoms with Gasteiger partial charge in [-0.3, -0.25) is 0 Å². The molecule has 0 saturated heterocycles. The Hall–Kier alpha value is -1.00. The van der Waals surface area contributed by atoms with Gasteiger partial charge in [-0.05, 0) is 24.5 Å². The maximum Gasteiger partial charge on any atom is 0.223 e. The lowest BCUT2D eigenvalue weighted by Crippen LogP contribution is -1.93. The molecule has 0 saturated carbocycles. The Balaban J connectivity index is 2.31. The van der Waals surface area contributed by atoms with Crippen molar-refractivity contribution < 1.29 is 4.74 Å². The van der Waals surface area contributed by atoms with E-state index in [4.69, 9.17) is 4.74 Å². The van der Waals surface area contributed by atoms with Crippen molar-refractivity contribution in [3.05, 3.63) is 48.2 Å². The molecular formula is C13H12BrNOS. The highest BCUT2D eigenvalue weighted by molar-refractivity contribution is 9.08. The molecule has 2 rings (SSSR count). The summed E-state index contributed by atoms with van der Waals surface area (Å²) in [6, 6.07) is 11.9. The van der Waals surface area contributed by atoms with E-state index in [9.17, 15) is 0 Å². The molecule has 2 aromatic rings. The first-order valence-electron chi connectivity index (χ1n) is 5.16. The summed E-state index contributed by atoms with van der Waals surface area (Å²) in [4.78, 5) is 5.37. The quantitative estimate of drug-likeness (QED) is 0.613. The highest BCUT2D eigenvalue weighted by Crippen LogP contribution is 2.32. The van der Waals surface area contributed by atoms with Crippen LogP contribution in [0.2, 0.25) is 0 Å². The number of alkyl halides is 1. The second-order valence-corrected chi connectivity index (χ2v) is 4.76. The number of rotatable bonds is 4. The first kappa shape index (κ1) is 12.5. The Kier molecular flexibility index (Phi) is 4.45. The topological polar surface area (TPSA) is 22.1 Å². The van der Waals surface area contributed by atoms with Crippen LogP contribution in [0.3, 0.4) is 0 Å². The molecule has 0 aliphatic carbocycles. The summed E-state index contributed by atoms with van der Waals surface area (Å²) in [6.45, 7) is 0. The fourth-order valence-corrected chi connectivity index (χ4v) is 2.38. The van der Waals surface area contributed by atoms with Gasteiger partial charge in [0, 0.05) is 22.0 Å². The molecule has 0 atom stereocenters. The van der Waals surface area contributed by atoms with Crippen LogP contribution in [-0.2, 0) is 5.33 Å². The molecule has 0 radical (unpaired) electrons. The SMILES string of the molecule is CSc1ccccc1Oc1ncccc1CBr. The molecule has 0 unspecified atom stereocenters. The van der Waals surface area contributed by atoms with Gasteiger partial charge in [-0.1, -0.05) is 34.1 Å². The second-order valence-electron chi connectivity index (χ2n) is 3.35. The minimum absolute atomic E-state index is 0.658. The number of aromatic nitrogens is 1. The predicted octanol–water partition coefficient (Wildman–Crippen LogP) is 4.49. The molecule has 0 aliphatic rings. The van der Waals surface area contributed by atoms with Gasteiger partial charge in [0.25, 0.3) is 0 Å². The van der Waals surface area contributed by atoms with Crippen molar-refractivity contribution in [2.75, 3.05) is 6.26 Å². The van der Waals surface area contributed by atoms with Gasteiger partial charge in [0.2, 0.25) is 5.88 Å². The summed E-state index contributed by atoms with van der Waals surface area (Å²) < 4.78 is 5.86. The number of benzene rings is 1. The van der Waals surface area contributed by atoms with E-state index in [0.29, 0.717) is 5.88 Å². The van der Waals surface area contributed by atoms with Crippen molar-refractivity contribution in [3.8, 4) is 11.6 Å². The zero-order valence-corrected chi connectivity index (χ0v) is 11.8. The molecule has 88 valence electrons. The molecule has 0 aliphatic heterocycles. The summed E-state index contributed by atoms with van der Waals surface area (Å²) in [7, 11) is 0. The number of thioether (sulfide) groups is 1. The van der Waals surface area contributed by atoms with Crippen molar-refractivity contribution in [2.45, 2.75) is 10.2 Å². The third-order valence-corrected chi connectivity index (χ3v) is 3.65. The lowest BCUT2D eigenvalue weighted by molar-refractivity contribution is 0.448. The molecule has 0 fully saturated rings. The average Bonchev–Trinajstić information content (AvgIpc) is 2.40. The molecule has 17 heavy (non-hydrogen) atoms. The number of halogens is 1. The van der Waals surface area contributed by atoms with Crippen LogP contribution in [0.5, 0.6) is 11.6 Å². The van der Waals surface area contributed by atoms with E-state index < -0.39 is 0 Å². The Bertz CT molecular complexity index is 459.